The second-order valence-electron chi connectivity index (χ2n) is 4.38. The van der Waals surface area contributed by atoms with Gasteiger partial charge in [-0.15, -0.1) is 0 Å². The smallest absolute Gasteiger partial charge is 0.270 e. The molecule has 0 aliphatic heterocycles. The van der Waals surface area contributed by atoms with Crippen molar-refractivity contribution in [2.45, 2.75) is 13.0 Å². The van der Waals surface area contributed by atoms with E-state index in [0.717, 1.165) is 5.56 Å². The molecule has 0 fully saturated rings. The minimum atomic E-state index is -0.509. The van der Waals surface area contributed by atoms with Crippen molar-refractivity contribution in [3.63, 3.8) is 0 Å². The number of non-ortho nitro benzene ring substituents is 1. The zero-order chi connectivity index (χ0) is 14.5. The van der Waals surface area contributed by atoms with E-state index in [0.29, 0.717) is 5.69 Å². The van der Waals surface area contributed by atoms with Gasteiger partial charge in [0, 0.05) is 18.2 Å². The Labute approximate surface area is 116 Å². The Morgan fingerprint density at radius 2 is 1.95 bits per heavy atom. The molecule has 100 valence electrons. The molecular formula is C15H13N3O2. The average molecular weight is 267 g/mol. The molecule has 0 aliphatic carbocycles. The third-order valence-electron chi connectivity index (χ3n) is 3.01. The molecule has 0 aliphatic rings. The number of anilines is 1. The third kappa shape index (κ3) is 2.93. The molecule has 0 heterocycles. The molecule has 2 rings (SSSR count). The first-order valence-corrected chi connectivity index (χ1v) is 6.12. The van der Waals surface area contributed by atoms with Crippen LogP contribution in [0.5, 0.6) is 0 Å². The van der Waals surface area contributed by atoms with E-state index in [2.05, 4.69) is 5.32 Å². The van der Waals surface area contributed by atoms with E-state index in [1.54, 1.807) is 6.07 Å². The lowest BCUT2D eigenvalue weighted by Gasteiger charge is -2.16. The summed E-state index contributed by atoms with van der Waals surface area (Å²) in [7, 11) is 0. The van der Waals surface area contributed by atoms with Crippen LogP contribution < -0.4 is 5.32 Å². The summed E-state index contributed by atoms with van der Waals surface area (Å²) in [6.45, 7) is 1.97. The van der Waals surface area contributed by atoms with E-state index in [9.17, 15) is 10.1 Å². The van der Waals surface area contributed by atoms with Crippen molar-refractivity contribution in [1.82, 2.24) is 0 Å². The predicted octanol–water partition coefficient (Wildman–Crippen LogP) is 3.64. The highest BCUT2D eigenvalue weighted by Gasteiger charge is 2.12. The lowest BCUT2D eigenvalue weighted by atomic mass is 10.1. The molecule has 1 atom stereocenters. The number of hydrogen-bond acceptors (Lipinski definition) is 4. The van der Waals surface area contributed by atoms with Crippen LogP contribution in [-0.4, -0.2) is 4.92 Å². The molecule has 0 saturated carbocycles. The SMILES string of the molecule is CC(Nc1ccc([N+](=O)[O-])cc1C#N)c1ccccc1. The van der Waals surface area contributed by atoms with Gasteiger partial charge in [-0.2, -0.15) is 5.26 Å². The summed E-state index contributed by atoms with van der Waals surface area (Å²) in [5.74, 6) is 0. The zero-order valence-corrected chi connectivity index (χ0v) is 10.9. The molecule has 2 aromatic rings. The van der Waals surface area contributed by atoms with Crippen molar-refractivity contribution in [2.75, 3.05) is 5.32 Å². The molecule has 0 radical (unpaired) electrons. The van der Waals surface area contributed by atoms with Gasteiger partial charge >= 0.3 is 0 Å². The number of hydrogen-bond donors (Lipinski definition) is 1. The summed E-state index contributed by atoms with van der Waals surface area (Å²) in [5.41, 5.74) is 1.85. The Balaban J connectivity index is 2.26. The molecule has 1 unspecified atom stereocenters. The average Bonchev–Trinajstić information content (AvgIpc) is 2.48. The number of nitriles is 1. The highest BCUT2D eigenvalue weighted by Crippen LogP contribution is 2.25. The minimum absolute atomic E-state index is 0.00440. The van der Waals surface area contributed by atoms with Crippen molar-refractivity contribution < 1.29 is 4.92 Å². The van der Waals surface area contributed by atoms with E-state index in [4.69, 9.17) is 5.26 Å². The number of nitro benzene ring substituents is 1. The molecule has 5 nitrogen and oxygen atoms in total. The standard InChI is InChI=1S/C15H13N3O2/c1-11(12-5-3-2-4-6-12)17-15-8-7-14(18(19)20)9-13(15)10-16/h2-9,11,17H,1H3. The maximum Gasteiger partial charge on any atom is 0.270 e. The molecule has 0 amide bonds. The lowest BCUT2D eigenvalue weighted by Crippen LogP contribution is -2.07. The van der Waals surface area contributed by atoms with E-state index in [1.807, 2.05) is 43.3 Å². The second-order valence-corrected chi connectivity index (χ2v) is 4.38. The van der Waals surface area contributed by atoms with Crippen LogP contribution in [0.4, 0.5) is 11.4 Å². The minimum Gasteiger partial charge on any atom is -0.377 e. The number of nitrogens with one attached hydrogen (secondary N) is 1. The van der Waals surface area contributed by atoms with E-state index in [1.165, 1.54) is 12.1 Å². The van der Waals surface area contributed by atoms with E-state index >= 15 is 0 Å². The molecule has 0 saturated heterocycles. The Bertz CT molecular complexity index is 663. The van der Waals surface area contributed by atoms with Gasteiger partial charge in [0.05, 0.1) is 16.2 Å². The van der Waals surface area contributed by atoms with Gasteiger partial charge in [-0.05, 0) is 18.6 Å². The highest BCUT2D eigenvalue weighted by atomic mass is 16.6. The van der Waals surface area contributed by atoms with Crippen LogP contribution in [0, 0.1) is 21.4 Å². The van der Waals surface area contributed by atoms with Gasteiger partial charge in [0.15, 0.2) is 0 Å². The third-order valence-corrected chi connectivity index (χ3v) is 3.01. The summed E-state index contributed by atoms with van der Waals surface area (Å²) in [6.07, 6.45) is 0. The van der Waals surface area contributed by atoms with Crippen LogP contribution in [0.15, 0.2) is 48.5 Å². The van der Waals surface area contributed by atoms with Crippen LogP contribution in [0.25, 0.3) is 0 Å². The normalized spacial score (nSPS) is 11.4. The summed E-state index contributed by atoms with van der Waals surface area (Å²) >= 11 is 0. The second kappa shape index (κ2) is 5.85. The van der Waals surface area contributed by atoms with Crippen LogP contribution >= 0.6 is 0 Å². The highest BCUT2D eigenvalue weighted by molar-refractivity contribution is 5.62. The van der Waals surface area contributed by atoms with Crippen molar-refractivity contribution in [3.8, 4) is 6.07 Å². The Morgan fingerprint density at radius 1 is 1.25 bits per heavy atom. The Kier molecular flexibility index (Phi) is 3.96. The number of nitrogens with zero attached hydrogens (tertiary/aromatic N) is 2. The molecule has 0 aromatic heterocycles. The molecule has 0 spiro atoms. The topological polar surface area (TPSA) is 79.0 Å². The Morgan fingerprint density at radius 3 is 2.55 bits per heavy atom. The summed E-state index contributed by atoms with van der Waals surface area (Å²) < 4.78 is 0. The maximum absolute atomic E-state index is 10.7. The molecule has 0 bridgehead atoms. The van der Waals surface area contributed by atoms with Crippen LogP contribution in [0.1, 0.15) is 24.1 Å². The van der Waals surface area contributed by atoms with Gasteiger partial charge < -0.3 is 5.32 Å². The number of benzene rings is 2. The van der Waals surface area contributed by atoms with Crippen molar-refractivity contribution in [2.24, 2.45) is 0 Å². The van der Waals surface area contributed by atoms with Crippen molar-refractivity contribution >= 4 is 11.4 Å². The van der Waals surface area contributed by atoms with E-state index < -0.39 is 4.92 Å². The van der Waals surface area contributed by atoms with Crippen molar-refractivity contribution in [3.05, 3.63) is 69.8 Å². The fraction of sp³-hybridized carbons (Fsp3) is 0.133. The van der Waals surface area contributed by atoms with Crippen LogP contribution in [0.2, 0.25) is 0 Å². The lowest BCUT2D eigenvalue weighted by molar-refractivity contribution is -0.384. The van der Waals surface area contributed by atoms with Gasteiger partial charge in [-0.1, -0.05) is 30.3 Å². The quantitative estimate of drug-likeness (QED) is 0.677. The van der Waals surface area contributed by atoms with E-state index in [-0.39, 0.29) is 17.3 Å². The molecule has 1 N–H and O–H groups in total. The predicted molar refractivity (Wildman–Crippen MR) is 76.3 cm³/mol. The molecule has 5 heteroatoms. The maximum atomic E-state index is 10.7. The van der Waals surface area contributed by atoms with Gasteiger partial charge in [-0.3, -0.25) is 10.1 Å². The first-order chi connectivity index (χ1) is 9.61. The molecule has 2 aromatic carbocycles. The monoisotopic (exact) mass is 267 g/mol. The van der Waals surface area contributed by atoms with Crippen molar-refractivity contribution in [1.29, 1.82) is 5.26 Å². The fourth-order valence-electron chi connectivity index (χ4n) is 1.92. The first kappa shape index (κ1) is 13.6. The largest absolute Gasteiger partial charge is 0.377 e. The van der Waals surface area contributed by atoms with Crippen LogP contribution in [0.3, 0.4) is 0 Å². The number of rotatable bonds is 4. The summed E-state index contributed by atoms with van der Waals surface area (Å²) in [4.78, 5) is 10.2. The van der Waals surface area contributed by atoms with Crippen LogP contribution in [-0.2, 0) is 0 Å². The van der Waals surface area contributed by atoms with Gasteiger partial charge in [0.25, 0.3) is 5.69 Å². The zero-order valence-electron chi connectivity index (χ0n) is 10.9. The molecular weight excluding hydrogens is 254 g/mol. The Hall–Kier alpha value is -2.87. The van der Waals surface area contributed by atoms with Gasteiger partial charge in [0.1, 0.15) is 6.07 Å². The molecule has 20 heavy (non-hydrogen) atoms. The summed E-state index contributed by atoms with van der Waals surface area (Å²) in [5, 5.41) is 23.0. The van der Waals surface area contributed by atoms with Gasteiger partial charge in [0.2, 0.25) is 0 Å². The number of nitro groups is 1. The summed E-state index contributed by atoms with van der Waals surface area (Å²) in [6, 6.07) is 16.0. The fourth-order valence-corrected chi connectivity index (χ4v) is 1.92. The first-order valence-electron chi connectivity index (χ1n) is 6.12. The van der Waals surface area contributed by atoms with Gasteiger partial charge in [-0.25, -0.2) is 0 Å².